The fraction of sp³-hybridized carbons (Fsp3) is 0.917. The zero-order valence-corrected chi connectivity index (χ0v) is 8.92. The van der Waals surface area contributed by atoms with E-state index in [9.17, 15) is 4.79 Å². The summed E-state index contributed by atoms with van der Waals surface area (Å²) in [6, 6.07) is 0. The largest absolute Gasteiger partial charge is 0.300 e. The van der Waals surface area contributed by atoms with Gasteiger partial charge in [0.1, 0.15) is 5.78 Å². The summed E-state index contributed by atoms with van der Waals surface area (Å²) in [6.07, 6.45) is 3.98. The van der Waals surface area contributed by atoms with Crippen molar-refractivity contribution >= 4 is 5.78 Å². The quantitative estimate of drug-likeness (QED) is 0.638. The fourth-order valence-corrected chi connectivity index (χ4v) is 3.44. The van der Waals surface area contributed by atoms with Crippen molar-refractivity contribution in [3.63, 3.8) is 0 Å². The van der Waals surface area contributed by atoms with Crippen LogP contribution < -0.4 is 0 Å². The molecule has 0 saturated heterocycles. The molecular weight excluding hydrogens is 160 g/mol. The second kappa shape index (κ2) is 3.11. The van der Waals surface area contributed by atoms with Crippen molar-refractivity contribution in [2.24, 2.45) is 29.6 Å². The maximum Gasteiger partial charge on any atom is 0.133 e. The molecule has 2 bridgehead atoms. The van der Waals surface area contributed by atoms with Gasteiger partial charge in [-0.15, -0.1) is 0 Å². The van der Waals surface area contributed by atoms with Crippen molar-refractivity contribution < 1.29 is 4.79 Å². The minimum absolute atomic E-state index is 0.448. The standard InChI is InChI=1S/C12H20O/c1-7(2)9-4-10-6-11(5-9)12(10)8(3)13/h7,9-12H,4-6H2,1-3H3. The molecular formula is C12H20O. The lowest BCUT2D eigenvalue weighted by molar-refractivity contribution is -0.136. The highest BCUT2D eigenvalue weighted by molar-refractivity contribution is 5.80. The summed E-state index contributed by atoms with van der Waals surface area (Å²) in [7, 11) is 0. The number of hydrogen-bond donors (Lipinski definition) is 0. The summed E-state index contributed by atoms with van der Waals surface area (Å²) < 4.78 is 0. The van der Waals surface area contributed by atoms with Gasteiger partial charge in [-0.25, -0.2) is 0 Å². The normalized spacial score (nSPS) is 43.1. The van der Waals surface area contributed by atoms with Crippen LogP contribution in [-0.2, 0) is 4.79 Å². The molecule has 0 aliphatic heterocycles. The number of ketones is 1. The van der Waals surface area contributed by atoms with Crippen LogP contribution in [0.4, 0.5) is 0 Å². The van der Waals surface area contributed by atoms with Crippen LogP contribution in [0.2, 0.25) is 0 Å². The first-order chi connectivity index (χ1) is 6.09. The van der Waals surface area contributed by atoms with Gasteiger partial charge in [0, 0.05) is 5.92 Å². The first-order valence-electron chi connectivity index (χ1n) is 5.60. The molecule has 3 rings (SSSR count). The smallest absolute Gasteiger partial charge is 0.133 e. The van der Waals surface area contributed by atoms with E-state index in [2.05, 4.69) is 13.8 Å². The van der Waals surface area contributed by atoms with Gasteiger partial charge in [-0.2, -0.15) is 0 Å². The average Bonchev–Trinajstić information content (AvgIpc) is 2.03. The van der Waals surface area contributed by atoms with Crippen molar-refractivity contribution in [2.75, 3.05) is 0 Å². The molecule has 1 heteroatoms. The highest BCUT2D eigenvalue weighted by atomic mass is 16.1. The van der Waals surface area contributed by atoms with Gasteiger partial charge in [-0.3, -0.25) is 4.79 Å². The molecule has 3 saturated carbocycles. The minimum Gasteiger partial charge on any atom is -0.300 e. The van der Waals surface area contributed by atoms with E-state index >= 15 is 0 Å². The summed E-state index contributed by atoms with van der Waals surface area (Å²) in [6.45, 7) is 6.41. The molecule has 0 spiro atoms. The molecule has 0 N–H and O–H groups in total. The summed E-state index contributed by atoms with van der Waals surface area (Å²) >= 11 is 0. The Morgan fingerprint density at radius 1 is 1.15 bits per heavy atom. The third-order valence-electron chi connectivity index (χ3n) is 4.24. The van der Waals surface area contributed by atoms with Gasteiger partial charge in [-0.1, -0.05) is 13.8 Å². The van der Waals surface area contributed by atoms with Gasteiger partial charge in [0.05, 0.1) is 0 Å². The Labute approximate surface area is 80.9 Å². The van der Waals surface area contributed by atoms with Crippen LogP contribution in [0.1, 0.15) is 40.0 Å². The second-order valence-electron chi connectivity index (χ2n) is 5.37. The molecule has 0 amide bonds. The lowest BCUT2D eigenvalue weighted by Crippen LogP contribution is -2.48. The molecule has 0 heterocycles. The maximum absolute atomic E-state index is 11.3. The van der Waals surface area contributed by atoms with Crippen molar-refractivity contribution in [3.05, 3.63) is 0 Å². The zero-order valence-electron chi connectivity index (χ0n) is 8.92. The predicted octanol–water partition coefficient (Wildman–Crippen LogP) is 2.89. The van der Waals surface area contributed by atoms with E-state index in [0.717, 1.165) is 23.7 Å². The van der Waals surface area contributed by atoms with E-state index in [1.54, 1.807) is 6.92 Å². The summed E-state index contributed by atoms with van der Waals surface area (Å²) in [5.74, 6) is 4.13. The number of rotatable bonds is 2. The number of fused-ring (bicyclic) bond motifs is 2. The Kier molecular flexibility index (Phi) is 2.21. The number of hydrogen-bond acceptors (Lipinski definition) is 1. The zero-order chi connectivity index (χ0) is 9.59. The molecule has 3 fully saturated rings. The molecule has 3 aliphatic rings. The van der Waals surface area contributed by atoms with Gasteiger partial charge in [0.15, 0.2) is 0 Å². The van der Waals surface area contributed by atoms with E-state index in [-0.39, 0.29) is 0 Å². The Bertz CT molecular complexity index is 207. The lowest BCUT2D eigenvalue weighted by atomic mass is 9.52. The first-order valence-corrected chi connectivity index (χ1v) is 5.60. The number of carbonyl (C=O) groups is 1. The van der Waals surface area contributed by atoms with Crippen LogP contribution in [0.3, 0.4) is 0 Å². The second-order valence-corrected chi connectivity index (χ2v) is 5.37. The third kappa shape index (κ3) is 1.43. The molecule has 3 aliphatic carbocycles. The van der Waals surface area contributed by atoms with Crippen molar-refractivity contribution in [1.29, 1.82) is 0 Å². The Balaban J connectivity index is 1.98. The summed E-state index contributed by atoms with van der Waals surface area (Å²) in [5.41, 5.74) is 0. The van der Waals surface area contributed by atoms with Gasteiger partial charge < -0.3 is 0 Å². The van der Waals surface area contributed by atoms with Crippen LogP contribution in [0.15, 0.2) is 0 Å². The highest BCUT2D eigenvalue weighted by Crippen LogP contribution is 2.54. The molecule has 0 aromatic rings. The van der Waals surface area contributed by atoms with Crippen molar-refractivity contribution in [1.82, 2.24) is 0 Å². The van der Waals surface area contributed by atoms with Crippen LogP contribution >= 0.6 is 0 Å². The van der Waals surface area contributed by atoms with Gasteiger partial charge in [-0.05, 0) is 49.9 Å². The molecule has 0 radical (unpaired) electrons. The van der Waals surface area contributed by atoms with Crippen molar-refractivity contribution in [3.8, 4) is 0 Å². The van der Waals surface area contributed by atoms with Gasteiger partial charge in [0.2, 0.25) is 0 Å². The van der Waals surface area contributed by atoms with Crippen LogP contribution in [-0.4, -0.2) is 5.78 Å². The molecule has 0 aromatic heterocycles. The molecule has 2 unspecified atom stereocenters. The average molecular weight is 180 g/mol. The number of Topliss-reactive ketones (excluding diaryl/α,β-unsaturated/α-hetero) is 1. The molecule has 74 valence electrons. The van der Waals surface area contributed by atoms with Gasteiger partial charge in [0.25, 0.3) is 0 Å². The van der Waals surface area contributed by atoms with E-state index in [4.69, 9.17) is 0 Å². The van der Waals surface area contributed by atoms with E-state index in [1.807, 2.05) is 0 Å². The fourth-order valence-electron chi connectivity index (χ4n) is 3.44. The maximum atomic E-state index is 11.3. The third-order valence-corrected chi connectivity index (χ3v) is 4.24. The number of carbonyl (C=O) groups excluding carboxylic acids is 1. The van der Waals surface area contributed by atoms with Crippen LogP contribution in [0.25, 0.3) is 0 Å². The van der Waals surface area contributed by atoms with E-state index < -0.39 is 0 Å². The SMILES string of the molecule is CC(=O)C1C2CC(C(C)C)CC1C2. The Morgan fingerprint density at radius 3 is 2.08 bits per heavy atom. The molecule has 2 atom stereocenters. The Morgan fingerprint density at radius 2 is 1.69 bits per heavy atom. The summed E-state index contributed by atoms with van der Waals surface area (Å²) in [5, 5.41) is 0. The van der Waals surface area contributed by atoms with Crippen LogP contribution in [0.5, 0.6) is 0 Å². The van der Waals surface area contributed by atoms with Crippen LogP contribution in [0, 0.1) is 29.6 Å². The Hall–Kier alpha value is -0.330. The highest BCUT2D eigenvalue weighted by Gasteiger charge is 2.49. The first kappa shape index (κ1) is 9.23. The van der Waals surface area contributed by atoms with E-state index in [0.29, 0.717) is 11.7 Å². The lowest BCUT2D eigenvalue weighted by Gasteiger charge is -2.52. The summed E-state index contributed by atoms with van der Waals surface area (Å²) in [4.78, 5) is 11.3. The van der Waals surface area contributed by atoms with Gasteiger partial charge >= 0.3 is 0 Å². The monoisotopic (exact) mass is 180 g/mol. The van der Waals surface area contributed by atoms with E-state index in [1.165, 1.54) is 19.3 Å². The topological polar surface area (TPSA) is 17.1 Å². The van der Waals surface area contributed by atoms with Crippen molar-refractivity contribution in [2.45, 2.75) is 40.0 Å². The predicted molar refractivity (Wildman–Crippen MR) is 53.3 cm³/mol. The molecule has 1 nitrogen and oxygen atoms in total. The minimum atomic E-state index is 0.448. The molecule has 0 aromatic carbocycles. The molecule has 13 heavy (non-hydrogen) atoms.